The molecule has 0 atom stereocenters. The molecule has 2 heterocycles. The van der Waals surface area contributed by atoms with Gasteiger partial charge >= 0.3 is 5.69 Å². The number of phenols is 1. The number of halogens is 2. The topological polar surface area (TPSA) is 89.2 Å². The quantitative estimate of drug-likeness (QED) is 0.394. The van der Waals surface area contributed by atoms with Gasteiger partial charge in [0.2, 0.25) is 0 Å². The summed E-state index contributed by atoms with van der Waals surface area (Å²) >= 11 is 6.45. The van der Waals surface area contributed by atoms with Crippen molar-refractivity contribution in [2.75, 3.05) is 7.11 Å². The Morgan fingerprint density at radius 1 is 0.941 bits per heavy atom. The van der Waals surface area contributed by atoms with Gasteiger partial charge in [0.15, 0.2) is 11.5 Å². The largest absolute Gasteiger partial charge is 0.504 e. The highest BCUT2D eigenvalue weighted by atomic mass is 35.5. The molecule has 9 heteroatoms. The minimum atomic E-state index is -0.708. The number of aromatic amines is 1. The molecule has 2 aromatic heterocycles. The van der Waals surface area contributed by atoms with E-state index in [1.54, 1.807) is 42.5 Å². The maximum absolute atomic E-state index is 13.8. The van der Waals surface area contributed by atoms with Gasteiger partial charge < -0.3 is 14.8 Å². The van der Waals surface area contributed by atoms with Gasteiger partial charge in [0.1, 0.15) is 16.5 Å². The van der Waals surface area contributed by atoms with Crippen LogP contribution < -0.4 is 16.0 Å². The number of nitrogens with zero attached hydrogens (tertiary/aromatic N) is 2. The van der Waals surface area contributed by atoms with Crippen LogP contribution in [0.25, 0.3) is 33.5 Å². The van der Waals surface area contributed by atoms with Crippen LogP contribution in [0.5, 0.6) is 11.5 Å². The van der Waals surface area contributed by atoms with Crippen molar-refractivity contribution in [3.63, 3.8) is 0 Å². The summed E-state index contributed by atoms with van der Waals surface area (Å²) in [6.07, 6.45) is 0. The summed E-state index contributed by atoms with van der Waals surface area (Å²) in [6, 6.07) is 18.9. The lowest BCUT2D eigenvalue weighted by atomic mass is 10.0. The van der Waals surface area contributed by atoms with Crippen molar-refractivity contribution in [2.45, 2.75) is 0 Å². The molecular formula is C25H17ClFN3O4. The molecule has 0 aliphatic rings. The molecule has 0 amide bonds. The third-order valence-corrected chi connectivity index (χ3v) is 5.81. The molecule has 0 bridgehead atoms. The second kappa shape index (κ2) is 8.24. The molecule has 0 radical (unpaired) electrons. The smallest absolute Gasteiger partial charge is 0.333 e. The van der Waals surface area contributed by atoms with E-state index in [1.165, 1.54) is 35.9 Å². The SMILES string of the molecule is COc1cccc(-c2ccc(-n3c(Cl)cc4[nH]c(=O)n(-c5cccc(F)c5)c(=O)c43)cc2)c1O. The summed E-state index contributed by atoms with van der Waals surface area (Å²) in [5, 5.41) is 10.7. The van der Waals surface area contributed by atoms with Gasteiger partial charge in [0.25, 0.3) is 5.56 Å². The number of nitrogens with one attached hydrogen (secondary N) is 1. The molecule has 5 aromatic rings. The summed E-state index contributed by atoms with van der Waals surface area (Å²) < 4.78 is 21.3. The lowest BCUT2D eigenvalue weighted by Crippen LogP contribution is -2.34. The Kier molecular flexibility index (Phi) is 5.22. The van der Waals surface area contributed by atoms with Crippen molar-refractivity contribution in [3.8, 4) is 34.0 Å². The second-order valence-corrected chi connectivity index (χ2v) is 7.91. The number of ether oxygens (including phenoxy) is 1. The number of aromatic hydroxyl groups is 1. The van der Waals surface area contributed by atoms with Crippen LogP contribution in [0.1, 0.15) is 0 Å². The first kappa shape index (κ1) is 21.5. The number of fused-ring (bicyclic) bond motifs is 1. The Labute approximate surface area is 196 Å². The van der Waals surface area contributed by atoms with E-state index in [0.29, 0.717) is 17.0 Å². The van der Waals surface area contributed by atoms with E-state index >= 15 is 0 Å². The van der Waals surface area contributed by atoms with Gasteiger partial charge in [-0.1, -0.05) is 41.9 Å². The highest BCUT2D eigenvalue weighted by Gasteiger charge is 2.18. The normalized spacial score (nSPS) is 11.1. The fourth-order valence-corrected chi connectivity index (χ4v) is 4.26. The molecule has 0 saturated heterocycles. The first-order chi connectivity index (χ1) is 16.4. The highest BCUT2D eigenvalue weighted by Crippen LogP contribution is 2.37. The number of H-pyrrole nitrogens is 1. The van der Waals surface area contributed by atoms with Crippen molar-refractivity contribution in [1.29, 1.82) is 0 Å². The van der Waals surface area contributed by atoms with Crippen LogP contribution in [-0.4, -0.2) is 26.3 Å². The molecule has 34 heavy (non-hydrogen) atoms. The van der Waals surface area contributed by atoms with Gasteiger partial charge in [-0.05, 0) is 48.0 Å². The third-order valence-electron chi connectivity index (χ3n) is 5.53. The number of phenolic OH excluding ortho intramolecular Hbond substituents is 1. The fraction of sp³-hybridized carbons (Fsp3) is 0.0400. The van der Waals surface area contributed by atoms with Crippen LogP contribution in [0, 0.1) is 5.82 Å². The minimum Gasteiger partial charge on any atom is -0.504 e. The molecule has 0 unspecified atom stereocenters. The van der Waals surface area contributed by atoms with Crippen LogP contribution in [0.2, 0.25) is 5.15 Å². The molecule has 0 aliphatic carbocycles. The zero-order valence-electron chi connectivity index (χ0n) is 17.8. The molecule has 7 nitrogen and oxygen atoms in total. The molecule has 0 saturated carbocycles. The van der Waals surface area contributed by atoms with Crippen molar-refractivity contribution < 1.29 is 14.2 Å². The van der Waals surface area contributed by atoms with E-state index in [1.807, 2.05) is 0 Å². The zero-order chi connectivity index (χ0) is 24.0. The van der Waals surface area contributed by atoms with Gasteiger partial charge in [-0.2, -0.15) is 0 Å². The lowest BCUT2D eigenvalue weighted by Gasteiger charge is -2.12. The van der Waals surface area contributed by atoms with Crippen molar-refractivity contribution in [1.82, 2.24) is 14.1 Å². The van der Waals surface area contributed by atoms with Crippen LogP contribution in [-0.2, 0) is 0 Å². The number of rotatable bonds is 4. The Balaban J connectivity index is 1.68. The van der Waals surface area contributed by atoms with Gasteiger partial charge in [-0.3, -0.25) is 9.36 Å². The number of benzene rings is 3. The third kappa shape index (κ3) is 3.45. The Bertz CT molecular complexity index is 1670. The van der Waals surface area contributed by atoms with E-state index < -0.39 is 17.1 Å². The van der Waals surface area contributed by atoms with Crippen molar-refractivity contribution >= 4 is 22.6 Å². The van der Waals surface area contributed by atoms with Crippen LogP contribution in [0.3, 0.4) is 0 Å². The molecule has 3 aromatic carbocycles. The Morgan fingerprint density at radius 2 is 1.68 bits per heavy atom. The summed E-state index contributed by atoms with van der Waals surface area (Å²) in [4.78, 5) is 28.6. The number of aromatic nitrogens is 3. The van der Waals surface area contributed by atoms with E-state index in [9.17, 15) is 19.1 Å². The first-order valence-corrected chi connectivity index (χ1v) is 10.6. The Hall–Kier alpha value is -4.30. The van der Waals surface area contributed by atoms with Crippen LogP contribution in [0.15, 0.2) is 82.4 Å². The van der Waals surface area contributed by atoms with Crippen LogP contribution >= 0.6 is 11.6 Å². The van der Waals surface area contributed by atoms with E-state index in [4.69, 9.17) is 16.3 Å². The summed E-state index contributed by atoms with van der Waals surface area (Å²) in [5.74, 6) is -0.214. The number of para-hydroxylation sites is 1. The predicted octanol–water partition coefficient (Wildman–Crippen LogP) is 4.64. The highest BCUT2D eigenvalue weighted by molar-refractivity contribution is 6.31. The van der Waals surface area contributed by atoms with E-state index in [-0.39, 0.29) is 27.6 Å². The average Bonchev–Trinajstić information content (AvgIpc) is 3.15. The molecule has 0 spiro atoms. The summed E-state index contributed by atoms with van der Waals surface area (Å²) in [7, 11) is 1.47. The fourth-order valence-electron chi connectivity index (χ4n) is 3.97. The maximum atomic E-state index is 13.8. The van der Waals surface area contributed by atoms with Crippen LogP contribution in [0.4, 0.5) is 4.39 Å². The average molecular weight is 478 g/mol. The van der Waals surface area contributed by atoms with Gasteiger partial charge in [0, 0.05) is 11.3 Å². The van der Waals surface area contributed by atoms with Gasteiger partial charge in [-0.25, -0.2) is 13.8 Å². The minimum absolute atomic E-state index is 0.0118. The van der Waals surface area contributed by atoms with Crippen molar-refractivity contribution in [3.05, 3.63) is 105 Å². The summed E-state index contributed by atoms with van der Waals surface area (Å²) in [6.45, 7) is 0. The zero-order valence-corrected chi connectivity index (χ0v) is 18.5. The standard InChI is InChI=1S/C25H17ClFN3O4/c1-34-20-7-3-6-18(23(20)31)14-8-10-16(11-9-14)29-21(26)13-19-22(29)24(32)30(25(33)28-19)17-5-2-4-15(27)12-17/h2-13,31H,1H3,(H,28,33). The molecular weight excluding hydrogens is 461 g/mol. The molecule has 5 rings (SSSR count). The van der Waals surface area contributed by atoms with Gasteiger partial charge in [0.05, 0.1) is 18.3 Å². The maximum Gasteiger partial charge on any atom is 0.333 e. The molecule has 2 N–H and O–H groups in total. The molecule has 170 valence electrons. The number of hydrogen-bond acceptors (Lipinski definition) is 4. The van der Waals surface area contributed by atoms with E-state index in [0.717, 1.165) is 16.2 Å². The van der Waals surface area contributed by atoms with Gasteiger partial charge in [-0.15, -0.1) is 0 Å². The molecule has 0 aliphatic heterocycles. The molecule has 0 fully saturated rings. The lowest BCUT2D eigenvalue weighted by molar-refractivity contribution is 0.374. The Morgan fingerprint density at radius 3 is 2.38 bits per heavy atom. The predicted molar refractivity (Wildman–Crippen MR) is 128 cm³/mol. The monoisotopic (exact) mass is 477 g/mol. The summed E-state index contributed by atoms with van der Waals surface area (Å²) in [5.41, 5.74) is 0.979. The van der Waals surface area contributed by atoms with Crippen molar-refractivity contribution in [2.24, 2.45) is 0 Å². The van der Waals surface area contributed by atoms with E-state index in [2.05, 4.69) is 4.98 Å². The number of methoxy groups -OCH3 is 1. The second-order valence-electron chi connectivity index (χ2n) is 7.52. The number of hydrogen-bond donors (Lipinski definition) is 2. The first-order valence-electron chi connectivity index (χ1n) is 10.2.